The number of methoxy groups -OCH3 is 1. The predicted molar refractivity (Wildman–Crippen MR) is 113 cm³/mol. The molecule has 0 aliphatic carbocycles. The molecule has 2 aromatic heterocycles. The minimum atomic E-state index is -0.335. The van der Waals surface area contributed by atoms with Gasteiger partial charge in [-0.1, -0.05) is 23.7 Å². The van der Waals surface area contributed by atoms with Gasteiger partial charge in [-0.3, -0.25) is 9.59 Å². The molecule has 29 heavy (non-hydrogen) atoms. The van der Waals surface area contributed by atoms with Crippen molar-refractivity contribution in [3.05, 3.63) is 63.5 Å². The van der Waals surface area contributed by atoms with Crippen LogP contribution in [0.1, 0.15) is 10.5 Å². The molecule has 0 bridgehead atoms. The van der Waals surface area contributed by atoms with Crippen LogP contribution in [0.15, 0.2) is 47.3 Å². The van der Waals surface area contributed by atoms with Crippen molar-refractivity contribution in [3.63, 3.8) is 0 Å². The van der Waals surface area contributed by atoms with Gasteiger partial charge in [0.15, 0.2) is 5.69 Å². The van der Waals surface area contributed by atoms with Crippen LogP contribution in [0.2, 0.25) is 5.02 Å². The van der Waals surface area contributed by atoms with Crippen LogP contribution in [0, 0.1) is 0 Å². The number of rotatable bonds is 3. The molecule has 0 aliphatic heterocycles. The number of fused-ring (bicyclic) bond motifs is 3. The standard InChI is InChI=1S/C21H19ClN4O3/c1-24(2)20(27)18-17-15-9-8-12(22)10-16(15)25(3)19(17)21(28)26(23-18)13-6-5-7-14(11-13)29-4/h5-11H,1-4H3. The van der Waals surface area contributed by atoms with Gasteiger partial charge in [0.25, 0.3) is 11.5 Å². The molecular weight excluding hydrogens is 392 g/mol. The van der Waals surface area contributed by atoms with E-state index in [4.69, 9.17) is 16.3 Å². The van der Waals surface area contributed by atoms with Gasteiger partial charge in [0, 0.05) is 43.0 Å². The number of ether oxygens (including phenoxy) is 1. The van der Waals surface area contributed by atoms with Crippen molar-refractivity contribution in [2.24, 2.45) is 7.05 Å². The molecule has 1 amide bonds. The van der Waals surface area contributed by atoms with E-state index in [2.05, 4.69) is 5.10 Å². The number of hydrogen-bond acceptors (Lipinski definition) is 4. The molecule has 0 N–H and O–H groups in total. The number of benzene rings is 2. The van der Waals surface area contributed by atoms with E-state index in [1.54, 1.807) is 69.2 Å². The molecule has 0 saturated heterocycles. The first-order valence-corrected chi connectivity index (χ1v) is 9.28. The Kier molecular flexibility index (Phi) is 4.55. The molecule has 4 aromatic rings. The first-order chi connectivity index (χ1) is 13.8. The molecule has 0 atom stereocenters. The third-order valence-electron chi connectivity index (χ3n) is 4.90. The first-order valence-electron chi connectivity index (χ1n) is 8.90. The topological polar surface area (TPSA) is 69.4 Å². The Morgan fingerprint density at radius 2 is 1.93 bits per heavy atom. The molecule has 2 aromatic carbocycles. The van der Waals surface area contributed by atoms with Gasteiger partial charge in [0.05, 0.1) is 18.3 Å². The number of aromatic nitrogens is 3. The molecular formula is C21H19ClN4O3. The van der Waals surface area contributed by atoms with Crippen molar-refractivity contribution in [3.8, 4) is 11.4 Å². The molecule has 0 unspecified atom stereocenters. The van der Waals surface area contributed by atoms with Gasteiger partial charge in [-0.15, -0.1) is 0 Å². The Labute approximate surface area is 171 Å². The van der Waals surface area contributed by atoms with E-state index in [0.29, 0.717) is 27.4 Å². The lowest BCUT2D eigenvalue weighted by Gasteiger charge is -2.13. The van der Waals surface area contributed by atoms with Crippen molar-refractivity contribution < 1.29 is 9.53 Å². The number of amides is 1. The summed E-state index contributed by atoms with van der Waals surface area (Å²) >= 11 is 6.17. The number of nitrogens with zero attached hydrogens (tertiary/aromatic N) is 4. The number of halogens is 1. The van der Waals surface area contributed by atoms with Gasteiger partial charge < -0.3 is 14.2 Å². The van der Waals surface area contributed by atoms with Gasteiger partial charge in [0.1, 0.15) is 11.3 Å². The van der Waals surface area contributed by atoms with Crippen LogP contribution in [-0.4, -0.2) is 46.4 Å². The van der Waals surface area contributed by atoms with E-state index in [9.17, 15) is 9.59 Å². The minimum absolute atomic E-state index is 0.195. The van der Waals surface area contributed by atoms with E-state index < -0.39 is 0 Å². The maximum Gasteiger partial charge on any atom is 0.296 e. The minimum Gasteiger partial charge on any atom is -0.497 e. The number of carbonyl (C=O) groups is 1. The van der Waals surface area contributed by atoms with Gasteiger partial charge in [-0.2, -0.15) is 9.78 Å². The second-order valence-corrected chi connectivity index (χ2v) is 7.35. The highest BCUT2D eigenvalue weighted by atomic mass is 35.5. The monoisotopic (exact) mass is 410 g/mol. The van der Waals surface area contributed by atoms with Crippen molar-refractivity contribution in [2.45, 2.75) is 0 Å². The summed E-state index contributed by atoms with van der Waals surface area (Å²) in [6.07, 6.45) is 0. The van der Waals surface area contributed by atoms with Gasteiger partial charge in [-0.05, 0) is 24.3 Å². The van der Waals surface area contributed by atoms with E-state index in [-0.39, 0.29) is 17.2 Å². The molecule has 0 aliphatic rings. The molecule has 0 radical (unpaired) electrons. The highest BCUT2D eigenvalue weighted by Gasteiger charge is 2.24. The summed E-state index contributed by atoms with van der Waals surface area (Å²) in [5, 5.41) is 6.28. The smallest absolute Gasteiger partial charge is 0.296 e. The molecule has 0 saturated carbocycles. The molecule has 2 heterocycles. The zero-order chi connectivity index (χ0) is 20.9. The second-order valence-electron chi connectivity index (χ2n) is 6.91. The van der Waals surface area contributed by atoms with Crippen molar-refractivity contribution in [2.75, 3.05) is 21.2 Å². The zero-order valence-corrected chi connectivity index (χ0v) is 17.2. The van der Waals surface area contributed by atoms with Crippen LogP contribution in [-0.2, 0) is 7.05 Å². The molecule has 8 heteroatoms. The quantitative estimate of drug-likeness (QED) is 0.520. The lowest BCUT2D eigenvalue weighted by atomic mass is 10.1. The molecule has 0 spiro atoms. The van der Waals surface area contributed by atoms with Crippen molar-refractivity contribution >= 4 is 39.3 Å². The summed E-state index contributed by atoms with van der Waals surface area (Å²) < 4.78 is 8.26. The van der Waals surface area contributed by atoms with Crippen LogP contribution < -0.4 is 10.3 Å². The van der Waals surface area contributed by atoms with Crippen LogP contribution >= 0.6 is 11.6 Å². The van der Waals surface area contributed by atoms with E-state index in [1.807, 2.05) is 6.07 Å². The fraction of sp³-hybridized carbons (Fsp3) is 0.190. The number of carbonyl (C=O) groups excluding carboxylic acids is 1. The van der Waals surface area contributed by atoms with E-state index >= 15 is 0 Å². The normalized spacial score (nSPS) is 11.2. The van der Waals surface area contributed by atoms with Gasteiger partial charge >= 0.3 is 0 Å². The third kappa shape index (κ3) is 2.94. The Morgan fingerprint density at radius 3 is 2.62 bits per heavy atom. The average molecular weight is 411 g/mol. The third-order valence-corrected chi connectivity index (χ3v) is 5.14. The molecule has 0 fully saturated rings. The Hall–Kier alpha value is -3.32. The zero-order valence-electron chi connectivity index (χ0n) is 16.4. The first kappa shape index (κ1) is 19.0. The molecule has 148 valence electrons. The summed E-state index contributed by atoms with van der Waals surface area (Å²) in [7, 11) is 6.63. The summed E-state index contributed by atoms with van der Waals surface area (Å²) in [6.45, 7) is 0. The Bertz CT molecular complexity index is 1340. The van der Waals surface area contributed by atoms with Crippen LogP contribution in [0.25, 0.3) is 27.5 Å². The summed E-state index contributed by atoms with van der Waals surface area (Å²) in [5.41, 5.74) is 1.50. The molecule has 4 rings (SSSR count). The maximum atomic E-state index is 13.4. The average Bonchev–Trinajstić information content (AvgIpc) is 3.00. The highest BCUT2D eigenvalue weighted by Crippen LogP contribution is 2.31. The lowest BCUT2D eigenvalue weighted by Crippen LogP contribution is -2.29. The Balaban J connectivity index is 2.19. The lowest BCUT2D eigenvalue weighted by molar-refractivity contribution is 0.0822. The van der Waals surface area contributed by atoms with Crippen LogP contribution in [0.5, 0.6) is 5.75 Å². The molecule has 7 nitrogen and oxygen atoms in total. The van der Waals surface area contributed by atoms with Gasteiger partial charge in [0.2, 0.25) is 0 Å². The highest BCUT2D eigenvalue weighted by molar-refractivity contribution is 6.31. The summed E-state index contributed by atoms with van der Waals surface area (Å²) in [5.74, 6) is 0.287. The van der Waals surface area contributed by atoms with E-state index in [1.165, 1.54) is 9.58 Å². The SMILES string of the molecule is COc1cccc(-n2nc(C(=O)N(C)C)c3c4ccc(Cl)cc4n(C)c3c2=O)c1. The largest absolute Gasteiger partial charge is 0.497 e. The Morgan fingerprint density at radius 1 is 1.17 bits per heavy atom. The number of aryl methyl sites for hydroxylation is 1. The fourth-order valence-electron chi connectivity index (χ4n) is 3.47. The van der Waals surface area contributed by atoms with Gasteiger partial charge in [-0.25, -0.2) is 0 Å². The summed E-state index contributed by atoms with van der Waals surface area (Å²) in [6, 6.07) is 12.3. The predicted octanol–water partition coefficient (Wildman–Crippen LogP) is 3.24. The second kappa shape index (κ2) is 6.93. The maximum absolute atomic E-state index is 13.4. The van der Waals surface area contributed by atoms with Crippen LogP contribution in [0.3, 0.4) is 0 Å². The fourth-order valence-corrected chi connectivity index (χ4v) is 3.64. The van der Waals surface area contributed by atoms with E-state index in [0.717, 1.165) is 10.9 Å². The number of hydrogen-bond donors (Lipinski definition) is 0. The van der Waals surface area contributed by atoms with Crippen LogP contribution in [0.4, 0.5) is 0 Å². The van der Waals surface area contributed by atoms with Crippen molar-refractivity contribution in [1.29, 1.82) is 0 Å². The van der Waals surface area contributed by atoms with Crippen molar-refractivity contribution in [1.82, 2.24) is 19.2 Å². The summed E-state index contributed by atoms with van der Waals surface area (Å²) in [4.78, 5) is 27.9.